The summed E-state index contributed by atoms with van der Waals surface area (Å²) in [7, 11) is 1.37. The molecule has 2 aliphatic heterocycles. The van der Waals surface area contributed by atoms with Crippen LogP contribution in [0.15, 0.2) is 66.7 Å². The summed E-state index contributed by atoms with van der Waals surface area (Å²) in [5, 5.41) is 13.6. The van der Waals surface area contributed by atoms with Crippen LogP contribution in [-0.2, 0) is 28.9 Å². The largest absolute Gasteiger partial charge is 0.494 e. The number of carbonyl (C=O) groups excluding carboxylic acids is 2. The number of rotatable bonds is 11. The van der Waals surface area contributed by atoms with E-state index in [9.17, 15) is 19.5 Å². The van der Waals surface area contributed by atoms with Gasteiger partial charge >= 0.3 is 11.9 Å². The van der Waals surface area contributed by atoms with Crippen molar-refractivity contribution in [3.63, 3.8) is 0 Å². The number of carboxylic acids is 1. The third kappa shape index (κ3) is 9.20. The molecule has 58 heavy (non-hydrogen) atoms. The van der Waals surface area contributed by atoms with Crippen LogP contribution >= 0.6 is 22.7 Å². The molecule has 1 amide bonds. The minimum Gasteiger partial charge on any atom is -0.494 e. The molecule has 11 nitrogen and oxygen atoms in total. The predicted molar refractivity (Wildman–Crippen MR) is 227 cm³/mol. The summed E-state index contributed by atoms with van der Waals surface area (Å²) in [6.45, 7) is 3.46. The number of ether oxygens (including phenoxy) is 2. The molecule has 1 saturated heterocycles. The van der Waals surface area contributed by atoms with Crippen LogP contribution in [0.1, 0.15) is 87.4 Å². The average molecular weight is 818 g/mol. The van der Waals surface area contributed by atoms with Gasteiger partial charge in [-0.15, -0.1) is 11.3 Å². The maximum Gasteiger partial charge on any atom is 0.357 e. The molecule has 3 aliphatic rings. The maximum atomic E-state index is 13.6. The quantitative estimate of drug-likeness (QED) is 0.0766. The molecular formula is C45H47N5O6S2. The number of aromatic nitrogens is 2. The van der Waals surface area contributed by atoms with Crippen molar-refractivity contribution in [1.82, 2.24) is 14.9 Å². The highest BCUT2D eigenvalue weighted by atomic mass is 32.1. The number of carbonyl (C=O) groups is 3. The van der Waals surface area contributed by atoms with E-state index in [-0.39, 0.29) is 11.8 Å². The number of thiazole rings is 2. The van der Waals surface area contributed by atoms with E-state index in [4.69, 9.17) is 14.5 Å². The summed E-state index contributed by atoms with van der Waals surface area (Å²) in [5.41, 5.74) is 4.83. The third-order valence-electron chi connectivity index (χ3n) is 11.6. The number of nitrogens with one attached hydrogen (secondary N) is 1. The van der Waals surface area contributed by atoms with Gasteiger partial charge in [0.05, 0.1) is 29.9 Å². The number of aryl methyl sites for hydroxylation is 1. The number of aliphatic carboxylic acids is 1. The summed E-state index contributed by atoms with van der Waals surface area (Å²) < 4.78 is 12.2. The van der Waals surface area contributed by atoms with E-state index in [1.54, 1.807) is 0 Å². The molecule has 1 aliphatic carbocycles. The van der Waals surface area contributed by atoms with Gasteiger partial charge in [-0.25, -0.2) is 14.8 Å². The molecule has 5 aromatic rings. The standard InChI is InChI=1S/C45H47N5O6S2/c1-55-43(54)40-39(10-5-27-56-34-19-15-30(16-20-34)12-11-29-13-17-33(18-14-29)49-24-22-32(23-25-49)42(52)53)58-45(47-40)50-26-21-31-6-4-7-35(36(31)28-50)41(51)48-44-46-37-8-2-3-9-38(37)57-44/h2-4,6-9,15-16,19-20,29,32-33H,5,10,13-14,17-18,21-28H2,1H3,(H,52,53)(H,46,48,51). The van der Waals surface area contributed by atoms with Crippen molar-refractivity contribution >= 4 is 61.0 Å². The van der Waals surface area contributed by atoms with Crippen LogP contribution in [0.25, 0.3) is 10.2 Å². The Bertz CT molecular complexity index is 2300. The normalized spacial score (nSPS) is 18.5. The Morgan fingerprint density at radius 2 is 1.71 bits per heavy atom. The fraction of sp³-hybridized carbons (Fsp3) is 0.400. The van der Waals surface area contributed by atoms with Crippen LogP contribution in [-0.4, -0.2) is 77.2 Å². The van der Waals surface area contributed by atoms with Gasteiger partial charge in [0.25, 0.3) is 5.91 Å². The Labute approximate surface area is 346 Å². The molecule has 3 aromatic carbocycles. The number of para-hydroxylation sites is 1. The number of carboxylic acid groups (broad SMARTS) is 1. The van der Waals surface area contributed by atoms with Gasteiger partial charge in [-0.2, -0.15) is 0 Å². The lowest BCUT2D eigenvalue weighted by Crippen LogP contribution is -2.44. The fourth-order valence-electron chi connectivity index (χ4n) is 8.29. The molecule has 0 radical (unpaired) electrons. The molecule has 2 fully saturated rings. The highest BCUT2D eigenvalue weighted by molar-refractivity contribution is 7.22. The van der Waals surface area contributed by atoms with Crippen molar-refractivity contribution in [1.29, 1.82) is 0 Å². The Balaban J connectivity index is 0.830. The Morgan fingerprint density at radius 1 is 0.914 bits per heavy atom. The number of hydrogen-bond donors (Lipinski definition) is 2. The van der Waals surface area contributed by atoms with E-state index in [2.05, 4.69) is 38.0 Å². The van der Waals surface area contributed by atoms with Crippen molar-refractivity contribution in [2.24, 2.45) is 11.8 Å². The molecular weight excluding hydrogens is 771 g/mol. The SMILES string of the molecule is COC(=O)c1nc(N2CCc3cccc(C(=O)Nc4nc5ccccc5s4)c3C2)sc1CCCOc1ccc(C#CC2CCC(N3CCC(C(=O)O)CC3)CC2)cc1. The minimum atomic E-state index is -0.654. The summed E-state index contributed by atoms with van der Waals surface area (Å²) in [5.74, 6) is 6.51. The Hall–Kier alpha value is -5.29. The lowest BCUT2D eigenvalue weighted by atomic mass is 9.84. The first-order chi connectivity index (χ1) is 28.3. The van der Waals surface area contributed by atoms with Gasteiger partial charge in [0, 0.05) is 41.1 Å². The van der Waals surface area contributed by atoms with Crippen molar-refractivity contribution < 1.29 is 29.0 Å². The highest BCUT2D eigenvalue weighted by Crippen LogP contribution is 2.34. The van der Waals surface area contributed by atoms with Crippen LogP contribution in [0.5, 0.6) is 5.75 Å². The fourth-order valence-corrected chi connectivity index (χ4v) is 10.3. The van der Waals surface area contributed by atoms with Crippen LogP contribution in [0, 0.1) is 23.7 Å². The van der Waals surface area contributed by atoms with E-state index >= 15 is 0 Å². The number of hydrogen-bond acceptors (Lipinski definition) is 11. The van der Waals surface area contributed by atoms with E-state index < -0.39 is 11.9 Å². The monoisotopic (exact) mass is 817 g/mol. The number of piperidine rings is 1. The molecule has 0 bridgehead atoms. The number of methoxy groups -OCH3 is 1. The topological polar surface area (TPSA) is 134 Å². The Morgan fingerprint density at radius 3 is 2.47 bits per heavy atom. The number of amides is 1. The van der Waals surface area contributed by atoms with Gasteiger partial charge < -0.3 is 24.4 Å². The van der Waals surface area contributed by atoms with Crippen molar-refractivity contribution in [2.75, 3.05) is 43.6 Å². The average Bonchev–Trinajstić information content (AvgIpc) is 3.88. The summed E-state index contributed by atoms with van der Waals surface area (Å²) in [6, 6.07) is 22.1. The van der Waals surface area contributed by atoms with Crippen LogP contribution in [0.2, 0.25) is 0 Å². The first-order valence-corrected chi connectivity index (χ1v) is 21.8. The number of esters is 1. The molecule has 0 unspecified atom stereocenters. The van der Waals surface area contributed by atoms with Crippen LogP contribution in [0.3, 0.4) is 0 Å². The van der Waals surface area contributed by atoms with Gasteiger partial charge in [0.1, 0.15) is 5.75 Å². The van der Waals surface area contributed by atoms with Gasteiger partial charge in [-0.1, -0.05) is 47.4 Å². The number of likely N-dealkylation sites (tertiary alicyclic amines) is 1. The zero-order valence-corrected chi connectivity index (χ0v) is 34.2. The van der Waals surface area contributed by atoms with E-state index in [1.807, 2.05) is 60.7 Å². The molecule has 0 spiro atoms. The molecule has 2 N–H and O–H groups in total. The molecule has 4 heterocycles. The molecule has 13 heteroatoms. The van der Waals surface area contributed by atoms with E-state index in [0.717, 1.165) is 101 Å². The minimum absolute atomic E-state index is 0.184. The Kier molecular flexibility index (Phi) is 12.3. The van der Waals surface area contributed by atoms with Gasteiger partial charge in [-0.05, 0) is 124 Å². The molecule has 8 rings (SSSR count). The second-order valence-electron chi connectivity index (χ2n) is 15.2. The number of fused-ring (bicyclic) bond motifs is 2. The van der Waals surface area contributed by atoms with E-state index in [0.29, 0.717) is 60.9 Å². The van der Waals surface area contributed by atoms with Crippen LogP contribution < -0.4 is 15.0 Å². The molecule has 1 saturated carbocycles. The van der Waals surface area contributed by atoms with Gasteiger partial charge in [0.15, 0.2) is 16.0 Å². The smallest absolute Gasteiger partial charge is 0.357 e. The van der Waals surface area contributed by atoms with Gasteiger partial charge in [-0.3, -0.25) is 14.9 Å². The summed E-state index contributed by atoms with van der Waals surface area (Å²) in [6.07, 6.45) is 7.95. The first kappa shape index (κ1) is 39.5. The number of benzene rings is 3. The van der Waals surface area contributed by atoms with Crippen LogP contribution in [0.4, 0.5) is 10.3 Å². The summed E-state index contributed by atoms with van der Waals surface area (Å²) in [4.78, 5) is 52.5. The molecule has 0 atom stereocenters. The zero-order chi connectivity index (χ0) is 40.0. The lowest BCUT2D eigenvalue weighted by Gasteiger charge is -2.39. The predicted octanol–water partition coefficient (Wildman–Crippen LogP) is 8.07. The highest BCUT2D eigenvalue weighted by Gasteiger charge is 2.31. The first-order valence-electron chi connectivity index (χ1n) is 20.1. The van der Waals surface area contributed by atoms with Crippen molar-refractivity contribution in [2.45, 2.75) is 70.4 Å². The third-order valence-corrected chi connectivity index (χ3v) is 13.7. The zero-order valence-electron chi connectivity index (χ0n) is 32.6. The van der Waals surface area contributed by atoms with E-state index in [1.165, 1.54) is 29.8 Å². The number of nitrogens with zero attached hydrogens (tertiary/aromatic N) is 4. The second kappa shape index (κ2) is 18.1. The lowest BCUT2D eigenvalue weighted by molar-refractivity contribution is -0.143. The molecule has 2 aromatic heterocycles. The maximum absolute atomic E-state index is 13.6. The summed E-state index contributed by atoms with van der Waals surface area (Å²) >= 11 is 2.94. The molecule has 300 valence electrons. The van der Waals surface area contributed by atoms with Gasteiger partial charge in [0.2, 0.25) is 0 Å². The number of anilines is 2. The van der Waals surface area contributed by atoms with Crippen molar-refractivity contribution in [3.8, 4) is 17.6 Å². The second-order valence-corrected chi connectivity index (χ2v) is 17.3. The van der Waals surface area contributed by atoms with Crippen molar-refractivity contribution in [3.05, 3.63) is 99.6 Å².